The third kappa shape index (κ3) is 3.94. The first-order chi connectivity index (χ1) is 8.58. The normalized spacial score (nSPS) is 26.5. The van der Waals surface area contributed by atoms with E-state index in [-0.39, 0.29) is 0 Å². The lowest BCUT2D eigenvalue weighted by molar-refractivity contribution is 0.0762. The van der Waals surface area contributed by atoms with Gasteiger partial charge in [0.25, 0.3) is 0 Å². The fourth-order valence-corrected chi connectivity index (χ4v) is 2.90. The average molecular weight is 253 g/mol. The topological polar surface area (TPSA) is 18.5 Å². The van der Waals surface area contributed by atoms with Gasteiger partial charge in [-0.15, -0.1) is 0 Å². The monoisotopic (exact) mass is 253 g/mol. The number of piperazine rings is 1. The molecule has 2 unspecified atom stereocenters. The summed E-state index contributed by atoms with van der Waals surface area (Å²) in [6.45, 7) is 15.5. The molecule has 3 nitrogen and oxygen atoms in total. The van der Waals surface area contributed by atoms with Crippen molar-refractivity contribution in [2.75, 3.05) is 32.7 Å². The summed E-state index contributed by atoms with van der Waals surface area (Å²) in [5.74, 6) is 0.736. The molecule has 1 N–H and O–H groups in total. The first-order valence-electron chi connectivity index (χ1n) is 7.79. The zero-order chi connectivity index (χ0) is 13.1. The summed E-state index contributed by atoms with van der Waals surface area (Å²) in [6.07, 6.45) is 2.90. The smallest absolute Gasteiger partial charge is 0.0113 e. The average Bonchev–Trinajstić information content (AvgIpc) is 3.19. The highest BCUT2D eigenvalue weighted by Crippen LogP contribution is 2.28. The maximum absolute atomic E-state index is 3.57. The molecule has 0 aromatic carbocycles. The zero-order valence-corrected chi connectivity index (χ0v) is 12.7. The van der Waals surface area contributed by atoms with Crippen LogP contribution in [0.5, 0.6) is 0 Å². The highest BCUT2D eigenvalue weighted by molar-refractivity contribution is 4.89. The molecule has 0 amide bonds. The first kappa shape index (κ1) is 14.3. The summed E-state index contributed by atoms with van der Waals surface area (Å²) < 4.78 is 0. The van der Waals surface area contributed by atoms with E-state index in [9.17, 15) is 0 Å². The second-order valence-electron chi connectivity index (χ2n) is 6.58. The molecule has 0 radical (unpaired) electrons. The van der Waals surface area contributed by atoms with Crippen molar-refractivity contribution in [1.82, 2.24) is 15.1 Å². The molecule has 18 heavy (non-hydrogen) atoms. The van der Waals surface area contributed by atoms with E-state index in [2.05, 4.69) is 42.8 Å². The van der Waals surface area contributed by atoms with Gasteiger partial charge in [0.15, 0.2) is 0 Å². The van der Waals surface area contributed by atoms with Crippen LogP contribution < -0.4 is 5.32 Å². The second-order valence-corrected chi connectivity index (χ2v) is 6.58. The van der Waals surface area contributed by atoms with Crippen LogP contribution in [0.2, 0.25) is 0 Å². The van der Waals surface area contributed by atoms with Gasteiger partial charge in [0.05, 0.1) is 0 Å². The van der Waals surface area contributed by atoms with Crippen molar-refractivity contribution in [3.8, 4) is 0 Å². The fraction of sp³-hybridized carbons (Fsp3) is 1.00. The van der Waals surface area contributed by atoms with E-state index in [1.807, 2.05) is 0 Å². The highest BCUT2D eigenvalue weighted by atomic mass is 15.3. The number of hydrogen-bond acceptors (Lipinski definition) is 3. The molecule has 1 aliphatic carbocycles. The van der Waals surface area contributed by atoms with Crippen molar-refractivity contribution < 1.29 is 0 Å². The standard InChI is InChI=1S/C15H31N3/c1-12(2)16-11-13(3)14(4)17-7-9-18(10-8-17)15-5-6-15/h12-16H,5-11H2,1-4H3. The van der Waals surface area contributed by atoms with Crippen LogP contribution in [0.1, 0.15) is 40.5 Å². The summed E-state index contributed by atoms with van der Waals surface area (Å²) in [4.78, 5) is 5.38. The Balaban J connectivity index is 1.70. The second kappa shape index (κ2) is 6.36. The summed E-state index contributed by atoms with van der Waals surface area (Å²) >= 11 is 0. The summed E-state index contributed by atoms with van der Waals surface area (Å²) in [5, 5.41) is 3.57. The number of nitrogens with one attached hydrogen (secondary N) is 1. The molecule has 1 heterocycles. The van der Waals surface area contributed by atoms with Crippen molar-refractivity contribution in [1.29, 1.82) is 0 Å². The van der Waals surface area contributed by atoms with Crippen LogP contribution in [0.15, 0.2) is 0 Å². The largest absolute Gasteiger partial charge is 0.314 e. The lowest BCUT2D eigenvalue weighted by atomic mass is 10.0. The Morgan fingerprint density at radius 2 is 1.61 bits per heavy atom. The first-order valence-corrected chi connectivity index (χ1v) is 7.79. The minimum Gasteiger partial charge on any atom is -0.314 e. The van der Waals surface area contributed by atoms with Crippen LogP contribution in [0.25, 0.3) is 0 Å². The molecule has 106 valence electrons. The van der Waals surface area contributed by atoms with Crippen molar-refractivity contribution >= 4 is 0 Å². The summed E-state index contributed by atoms with van der Waals surface area (Å²) in [5.41, 5.74) is 0. The van der Waals surface area contributed by atoms with E-state index in [0.717, 1.165) is 18.5 Å². The van der Waals surface area contributed by atoms with E-state index >= 15 is 0 Å². The van der Waals surface area contributed by atoms with Crippen molar-refractivity contribution in [2.24, 2.45) is 5.92 Å². The van der Waals surface area contributed by atoms with Crippen LogP contribution >= 0.6 is 0 Å². The Kier molecular flexibility index (Phi) is 5.05. The van der Waals surface area contributed by atoms with Crippen LogP contribution in [-0.2, 0) is 0 Å². The van der Waals surface area contributed by atoms with E-state index in [1.54, 1.807) is 0 Å². The van der Waals surface area contributed by atoms with Gasteiger partial charge >= 0.3 is 0 Å². The van der Waals surface area contributed by atoms with Gasteiger partial charge in [0, 0.05) is 44.3 Å². The lowest BCUT2D eigenvalue weighted by Gasteiger charge is -2.40. The maximum atomic E-state index is 3.57. The van der Waals surface area contributed by atoms with Gasteiger partial charge in [-0.1, -0.05) is 20.8 Å². The van der Waals surface area contributed by atoms with Crippen LogP contribution in [0, 0.1) is 5.92 Å². The maximum Gasteiger partial charge on any atom is 0.0113 e. The van der Waals surface area contributed by atoms with Gasteiger partial charge in [0.2, 0.25) is 0 Å². The molecule has 2 fully saturated rings. The Bertz CT molecular complexity index is 242. The van der Waals surface area contributed by atoms with Gasteiger partial charge in [-0.3, -0.25) is 9.80 Å². The molecule has 2 atom stereocenters. The summed E-state index contributed by atoms with van der Waals surface area (Å²) in [6, 6.07) is 2.26. The molecule has 2 rings (SSSR count). The lowest BCUT2D eigenvalue weighted by Crippen LogP contribution is -2.52. The van der Waals surface area contributed by atoms with Gasteiger partial charge in [-0.25, -0.2) is 0 Å². The molecule has 3 heteroatoms. The van der Waals surface area contributed by atoms with Gasteiger partial charge in [-0.2, -0.15) is 0 Å². The quantitative estimate of drug-likeness (QED) is 0.778. The van der Waals surface area contributed by atoms with E-state index < -0.39 is 0 Å². The minimum absolute atomic E-state index is 0.603. The third-order valence-electron chi connectivity index (χ3n) is 4.66. The molecule has 2 aliphatic rings. The number of rotatable bonds is 6. The highest BCUT2D eigenvalue weighted by Gasteiger charge is 2.32. The predicted octanol–water partition coefficient (Wildman–Crippen LogP) is 1.79. The van der Waals surface area contributed by atoms with Gasteiger partial charge < -0.3 is 5.32 Å². The Labute approximate surface area is 113 Å². The van der Waals surface area contributed by atoms with E-state index in [1.165, 1.54) is 39.0 Å². The number of nitrogens with zero attached hydrogens (tertiary/aromatic N) is 2. The van der Waals surface area contributed by atoms with Crippen molar-refractivity contribution in [3.63, 3.8) is 0 Å². The molecular formula is C15H31N3. The molecule has 1 saturated carbocycles. The van der Waals surface area contributed by atoms with Crippen LogP contribution in [-0.4, -0.2) is 60.6 Å². The Morgan fingerprint density at radius 1 is 1.00 bits per heavy atom. The predicted molar refractivity (Wildman–Crippen MR) is 77.9 cm³/mol. The molecule has 0 aromatic heterocycles. The minimum atomic E-state index is 0.603. The molecule has 0 aromatic rings. The number of hydrogen-bond donors (Lipinski definition) is 1. The Hall–Kier alpha value is -0.120. The van der Waals surface area contributed by atoms with E-state index in [0.29, 0.717) is 12.1 Å². The van der Waals surface area contributed by atoms with Crippen molar-refractivity contribution in [2.45, 2.75) is 58.7 Å². The zero-order valence-electron chi connectivity index (χ0n) is 12.7. The van der Waals surface area contributed by atoms with Gasteiger partial charge in [-0.05, 0) is 32.2 Å². The molecule has 0 spiro atoms. The SMILES string of the molecule is CC(C)NCC(C)C(C)N1CCN(C2CC2)CC1. The molecule has 1 aliphatic heterocycles. The fourth-order valence-electron chi connectivity index (χ4n) is 2.90. The molecular weight excluding hydrogens is 222 g/mol. The Morgan fingerprint density at radius 3 is 2.11 bits per heavy atom. The van der Waals surface area contributed by atoms with Crippen LogP contribution in [0.3, 0.4) is 0 Å². The molecule has 1 saturated heterocycles. The van der Waals surface area contributed by atoms with E-state index in [4.69, 9.17) is 0 Å². The molecule has 0 bridgehead atoms. The summed E-state index contributed by atoms with van der Waals surface area (Å²) in [7, 11) is 0. The van der Waals surface area contributed by atoms with Crippen LogP contribution in [0.4, 0.5) is 0 Å². The third-order valence-corrected chi connectivity index (χ3v) is 4.66. The van der Waals surface area contributed by atoms with Gasteiger partial charge in [0.1, 0.15) is 0 Å². The van der Waals surface area contributed by atoms with Crippen molar-refractivity contribution in [3.05, 3.63) is 0 Å².